The van der Waals surface area contributed by atoms with Gasteiger partial charge in [-0.15, -0.1) is 0 Å². The molecular weight excluding hydrogens is 311 g/mol. The summed E-state index contributed by atoms with van der Waals surface area (Å²) in [5.74, 6) is -0.0582. The summed E-state index contributed by atoms with van der Waals surface area (Å²) in [7, 11) is 1.50. The maximum absolute atomic E-state index is 13.5. The number of methoxy groups -OCH3 is 1. The Labute approximate surface area is 119 Å². The number of benzene rings is 2. The molecule has 0 unspecified atom stereocenters. The van der Waals surface area contributed by atoms with Crippen LogP contribution in [-0.2, 0) is 6.42 Å². The molecule has 0 heterocycles. The zero-order valence-corrected chi connectivity index (χ0v) is 11.9. The van der Waals surface area contributed by atoms with Crippen molar-refractivity contribution in [1.82, 2.24) is 0 Å². The molecule has 0 saturated heterocycles. The van der Waals surface area contributed by atoms with E-state index in [9.17, 15) is 9.18 Å². The minimum atomic E-state index is -0.369. The van der Waals surface area contributed by atoms with E-state index < -0.39 is 0 Å². The van der Waals surface area contributed by atoms with Gasteiger partial charge in [-0.3, -0.25) is 4.79 Å². The molecule has 0 aliphatic carbocycles. The van der Waals surface area contributed by atoms with Gasteiger partial charge < -0.3 is 4.74 Å². The first-order valence-corrected chi connectivity index (χ1v) is 6.51. The number of ketones is 1. The van der Waals surface area contributed by atoms with Crippen LogP contribution in [0.15, 0.2) is 46.9 Å². The van der Waals surface area contributed by atoms with Gasteiger partial charge in [-0.2, -0.15) is 0 Å². The van der Waals surface area contributed by atoms with Gasteiger partial charge in [-0.05, 0) is 29.8 Å². The van der Waals surface area contributed by atoms with Crippen molar-refractivity contribution in [3.63, 3.8) is 0 Å². The van der Waals surface area contributed by atoms with Gasteiger partial charge in [0.2, 0.25) is 0 Å². The number of carbonyl (C=O) groups is 1. The molecular formula is C15H12BrFO2. The lowest BCUT2D eigenvalue weighted by Gasteiger charge is -2.08. The summed E-state index contributed by atoms with van der Waals surface area (Å²) in [5.41, 5.74) is 0.839. The van der Waals surface area contributed by atoms with Crippen molar-refractivity contribution in [2.24, 2.45) is 0 Å². The van der Waals surface area contributed by atoms with Crippen molar-refractivity contribution in [3.8, 4) is 5.75 Å². The summed E-state index contributed by atoms with van der Waals surface area (Å²) in [6.07, 6.45) is 0.0185. The molecule has 2 aromatic rings. The fraction of sp³-hybridized carbons (Fsp3) is 0.133. The van der Waals surface area contributed by atoms with Crippen molar-refractivity contribution in [2.45, 2.75) is 6.42 Å². The Morgan fingerprint density at radius 2 is 2.00 bits per heavy atom. The number of rotatable bonds is 4. The fourth-order valence-electron chi connectivity index (χ4n) is 1.81. The van der Waals surface area contributed by atoms with Crippen LogP contribution in [0, 0.1) is 5.82 Å². The van der Waals surface area contributed by atoms with Crippen molar-refractivity contribution < 1.29 is 13.9 Å². The van der Waals surface area contributed by atoms with E-state index in [0.717, 1.165) is 4.47 Å². The maximum Gasteiger partial charge on any atom is 0.171 e. The Kier molecular flexibility index (Phi) is 4.32. The van der Waals surface area contributed by atoms with E-state index in [1.165, 1.54) is 13.2 Å². The molecule has 0 amide bonds. The molecule has 0 N–H and O–H groups in total. The van der Waals surface area contributed by atoms with Crippen LogP contribution in [0.1, 0.15) is 15.9 Å². The average molecular weight is 323 g/mol. The predicted molar refractivity (Wildman–Crippen MR) is 75.1 cm³/mol. The third-order valence-corrected chi connectivity index (χ3v) is 3.27. The summed E-state index contributed by atoms with van der Waals surface area (Å²) in [5, 5.41) is 0. The van der Waals surface area contributed by atoms with Gasteiger partial charge in [-0.25, -0.2) is 4.39 Å². The first-order chi connectivity index (χ1) is 9.11. The number of hydrogen-bond acceptors (Lipinski definition) is 2. The molecule has 2 nitrogen and oxygen atoms in total. The minimum Gasteiger partial charge on any atom is -0.496 e. The summed E-state index contributed by atoms with van der Waals surface area (Å²) in [6.45, 7) is 0. The molecule has 0 bridgehead atoms. The Hall–Kier alpha value is -1.68. The standard InChI is InChI=1S/C15H12BrFO2/c1-19-15-9-11(16)6-7-12(15)14(18)8-10-4-2-3-5-13(10)17/h2-7,9H,8H2,1H3. The zero-order valence-electron chi connectivity index (χ0n) is 10.3. The largest absolute Gasteiger partial charge is 0.496 e. The van der Waals surface area contributed by atoms with E-state index >= 15 is 0 Å². The SMILES string of the molecule is COc1cc(Br)ccc1C(=O)Cc1ccccc1F. The monoisotopic (exact) mass is 322 g/mol. The second kappa shape index (κ2) is 5.97. The van der Waals surface area contributed by atoms with Crippen LogP contribution in [0.5, 0.6) is 5.75 Å². The normalized spacial score (nSPS) is 10.3. The van der Waals surface area contributed by atoms with Crippen LogP contribution in [0.2, 0.25) is 0 Å². The lowest BCUT2D eigenvalue weighted by molar-refractivity contribution is 0.0989. The Bertz CT molecular complexity index is 611. The highest BCUT2D eigenvalue weighted by atomic mass is 79.9. The molecule has 2 rings (SSSR count). The average Bonchev–Trinajstić information content (AvgIpc) is 2.41. The highest BCUT2D eigenvalue weighted by molar-refractivity contribution is 9.10. The van der Waals surface area contributed by atoms with Crippen LogP contribution >= 0.6 is 15.9 Å². The summed E-state index contributed by atoms with van der Waals surface area (Å²) in [6, 6.07) is 11.4. The molecule has 0 atom stereocenters. The van der Waals surface area contributed by atoms with Crippen LogP contribution in [0.25, 0.3) is 0 Å². The molecule has 0 spiro atoms. The van der Waals surface area contributed by atoms with E-state index in [2.05, 4.69) is 15.9 Å². The predicted octanol–water partition coefficient (Wildman–Crippen LogP) is 4.02. The Morgan fingerprint density at radius 1 is 1.26 bits per heavy atom. The lowest BCUT2D eigenvalue weighted by Crippen LogP contribution is -2.07. The molecule has 0 saturated carbocycles. The van der Waals surface area contributed by atoms with Gasteiger partial charge in [-0.1, -0.05) is 34.1 Å². The topological polar surface area (TPSA) is 26.3 Å². The van der Waals surface area contributed by atoms with Crippen LogP contribution in [0.4, 0.5) is 4.39 Å². The second-order valence-electron chi connectivity index (χ2n) is 4.04. The zero-order chi connectivity index (χ0) is 13.8. The number of halogens is 2. The molecule has 0 aliphatic rings. The molecule has 4 heteroatoms. The van der Waals surface area contributed by atoms with Gasteiger partial charge in [0.1, 0.15) is 11.6 Å². The lowest BCUT2D eigenvalue weighted by atomic mass is 10.0. The molecule has 0 aliphatic heterocycles. The first kappa shape index (κ1) is 13.7. The highest BCUT2D eigenvalue weighted by Crippen LogP contribution is 2.25. The molecule has 98 valence electrons. The van der Waals surface area contributed by atoms with E-state index in [1.807, 2.05) is 0 Å². The summed E-state index contributed by atoms with van der Waals surface area (Å²) >= 11 is 3.31. The van der Waals surface area contributed by atoms with Crippen LogP contribution < -0.4 is 4.74 Å². The minimum absolute atomic E-state index is 0.0185. The van der Waals surface area contributed by atoms with Gasteiger partial charge in [0.05, 0.1) is 12.7 Å². The van der Waals surface area contributed by atoms with Gasteiger partial charge >= 0.3 is 0 Å². The van der Waals surface area contributed by atoms with Gasteiger partial charge in [0.25, 0.3) is 0 Å². The van der Waals surface area contributed by atoms with Gasteiger partial charge in [0, 0.05) is 10.9 Å². The Morgan fingerprint density at radius 3 is 2.68 bits per heavy atom. The smallest absolute Gasteiger partial charge is 0.171 e. The van der Waals surface area contributed by atoms with Crippen LogP contribution in [0.3, 0.4) is 0 Å². The Balaban J connectivity index is 2.28. The highest BCUT2D eigenvalue weighted by Gasteiger charge is 2.14. The number of ether oxygens (including phenoxy) is 1. The molecule has 2 aromatic carbocycles. The molecule has 0 fully saturated rings. The van der Waals surface area contributed by atoms with E-state index in [4.69, 9.17) is 4.74 Å². The molecule has 0 radical (unpaired) electrons. The number of Topliss-reactive ketones (excluding diaryl/α,β-unsaturated/α-hetero) is 1. The summed E-state index contributed by atoms with van der Waals surface area (Å²) < 4.78 is 19.5. The maximum atomic E-state index is 13.5. The van der Waals surface area contributed by atoms with Crippen molar-refractivity contribution in [3.05, 3.63) is 63.9 Å². The third-order valence-electron chi connectivity index (χ3n) is 2.77. The fourth-order valence-corrected chi connectivity index (χ4v) is 2.15. The van der Waals surface area contributed by atoms with Gasteiger partial charge in [0.15, 0.2) is 5.78 Å². The van der Waals surface area contributed by atoms with E-state index in [0.29, 0.717) is 16.9 Å². The summed E-state index contributed by atoms with van der Waals surface area (Å²) in [4.78, 5) is 12.2. The number of hydrogen-bond donors (Lipinski definition) is 0. The van der Waals surface area contributed by atoms with Crippen molar-refractivity contribution in [1.29, 1.82) is 0 Å². The van der Waals surface area contributed by atoms with Crippen molar-refractivity contribution >= 4 is 21.7 Å². The van der Waals surface area contributed by atoms with Crippen molar-refractivity contribution in [2.75, 3.05) is 7.11 Å². The third kappa shape index (κ3) is 3.20. The molecule has 0 aromatic heterocycles. The first-order valence-electron chi connectivity index (χ1n) is 5.72. The van der Waals surface area contributed by atoms with E-state index in [1.54, 1.807) is 36.4 Å². The van der Waals surface area contributed by atoms with Crippen LogP contribution in [-0.4, -0.2) is 12.9 Å². The molecule has 19 heavy (non-hydrogen) atoms. The number of carbonyl (C=O) groups excluding carboxylic acids is 1. The quantitative estimate of drug-likeness (QED) is 0.795. The second-order valence-corrected chi connectivity index (χ2v) is 4.95. The van der Waals surface area contributed by atoms with E-state index in [-0.39, 0.29) is 18.0 Å².